The zero-order valence-corrected chi connectivity index (χ0v) is 16.5. The van der Waals surface area contributed by atoms with Crippen LogP contribution in [0.25, 0.3) is 22.3 Å². The Kier molecular flexibility index (Phi) is 5.34. The molecular weight excluding hydrogens is 428 g/mol. The highest BCUT2D eigenvalue weighted by atomic mass is 16.7. The molecule has 2 aromatic carbocycles. The number of rotatable bonds is 4. The Morgan fingerprint density at radius 1 is 0.969 bits per heavy atom. The third-order valence-corrected chi connectivity index (χ3v) is 5.12. The van der Waals surface area contributed by atoms with Crippen LogP contribution in [0.5, 0.6) is 28.7 Å². The summed E-state index contributed by atoms with van der Waals surface area (Å²) in [6, 6.07) is 5.51. The highest BCUT2D eigenvalue weighted by Crippen LogP contribution is 2.39. The molecule has 0 bridgehead atoms. The average Bonchev–Trinajstić information content (AvgIpc) is 3.00. The van der Waals surface area contributed by atoms with Crippen molar-refractivity contribution in [2.24, 2.45) is 0 Å². The lowest BCUT2D eigenvalue weighted by molar-refractivity contribution is -0.129. The van der Waals surface area contributed by atoms with Gasteiger partial charge in [0.25, 0.3) is 0 Å². The van der Waals surface area contributed by atoms with E-state index in [1.54, 1.807) is 0 Å². The van der Waals surface area contributed by atoms with Gasteiger partial charge in [0.1, 0.15) is 40.8 Å². The lowest BCUT2D eigenvalue weighted by Gasteiger charge is -2.19. The number of phenolic OH excluding ortho intramolecular Hbond substituents is 4. The normalized spacial score (nSPS) is 24.0. The molecule has 4 rings (SSSR count). The molecule has 1 fully saturated rings. The molecule has 2 heterocycles. The monoisotopic (exact) mass is 448 g/mol. The number of ether oxygens (including phenoxy) is 2. The van der Waals surface area contributed by atoms with Crippen LogP contribution >= 0.6 is 0 Å². The van der Waals surface area contributed by atoms with Crippen molar-refractivity contribution in [3.05, 3.63) is 40.6 Å². The van der Waals surface area contributed by atoms with Crippen LogP contribution in [0.15, 0.2) is 39.5 Å². The summed E-state index contributed by atoms with van der Waals surface area (Å²) in [4.78, 5) is 13.2. The van der Waals surface area contributed by atoms with Crippen LogP contribution in [-0.2, 0) is 4.74 Å². The van der Waals surface area contributed by atoms with Gasteiger partial charge < -0.3 is 49.6 Å². The summed E-state index contributed by atoms with van der Waals surface area (Å²) in [5, 5.41) is 69.1. The molecular formula is C21H20O11. The summed E-state index contributed by atoms with van der Waals surface area (Å²) in [5.74, 6) is -2.79. The Morgan fingerprint density at radius 3 is 2.31 bits per heavy atom. The smallest absolute Gasteiger partial charge is 0.239 e. The number of hydrogen-bond donors (Lipinski definition) is 7. The summed E-state index contributed by atoms with van der Waals surface area (Å²) in [5.41, 5.74) is -1.05. The van der Waals surface area contributed by atoms with Gasteiger partial charge in [-0.05, 0) is 25.1 Å². The van der Waals surface area contributed by atoms with Gasteiger partial charge >= 0.3 is 0 Å². The fourth-order valence-electron chi connectivity index (χ4n) is 3.51. The molecule has 1 aliphatic rings. The van der Waals surface area contributed by atoms with Crippen molar-refractivity contribution in [3.63, 3.8) is 0 Å². The van der Waals surface area contributed by atoms with Crippen molar-refractivity contribution in [2.45, 2.75) is 37.6 Å². The molecule has 0 spiro atoms. The molecule has 32 heavy (non-hydrogen) atoms. The first-order valence-corrected chi connectivity index (χ1v) is 9.50. The standard InChI is InChI=1S/C21H20O11/c1-7(22)18-16(28)17(29)21(31-18)32-20-15(27)14-12(26)5-9(23)6-13(14)30-19(20)8-2-3-10(24)11(25)4-8/h2-7,16-18,21-26,28-29H,1H3/t7-,16-,17+,18-,21-/m0/s1. The molecule has 1 saturated heterocycles. The first-order chi connectivity index (χ1) is 15.1. The fourth-order valence-corrected chi connectivity index (χ4v) is 3.51. The second kappa shape index (κ2) is 7.88. The molecule has 11 nitrogen and oxygen atoms in total. The van der Waals surface area contributed by atoms with Gasteiger partial charge in [-0.2, -0.15) is 0 Å². The summed E-state index contributed by atoms with van der Waals surface area (Å²) >= 11 is 0. The van der Waals surface area contributed by atoms with Crippen LogP contribution in [-0.4, -0.2) is 66.5 Å². The quantitative estimate of drug-likeness (QED) is 0.275. The first kappa shape index (κ1) is 21.7. The molecule has 0 aliphatic carbocycles. The van der Waals surface area contributed by atoms with E-state index in [9.17, 15) is 40.5 Å². The van der Waals surface area contributed by atoms with Crippen LogP contribution in [0, 0.1) is 0 Å². The van der Waals surface area contributed by atoms with E-state index in [4.69, 9.17) is 13.9 Å². The molecule has 0 unspecified atom stereocenters. The molecule has 5 atom stereocenters. The number of aliphatic hydroxyl groups excluding tert-OH is 3. The first-order valence-electron chi connectivity index (χ1n) is 9.50. The summed E-state index contributed by atoms with van der Waals surface area (Å²) < 4.78 is 16.6. The van der Waals surface area contributed by atoms with Crippen LogP contribution in [0.2, 0.25) is 0 Å². The van der Waals surface area contributed by atoms with E-state index in [2.05, 4.69) is 0 Å². The van der Waals surface area contributed by atoms with Gasteiger partial charge in [0.05, 0.1) is 6.10 Å². The minimum absolute atomic E-state index is 0.0669. The highest BCUT2D eigenvalue weighted by molar-refractivity contribution is 5.88. The predicted molar refractivity (Wildman–Crippen MR) is 108 cm³/mol. The molecule has 1 aliphatic heterocycles. The molecule has 170 valence electrons. The largest absolute Gasteiger partial charge is 0.508 e. The Morgan fingerprint density at radius 2 is 1.69 bits per heavy atom. The SMILES string of the molecule is C[C@H](O)[C@@H]1O[C@@H](Oc2c(-c3ccc(O)c(O)c3)oc3cc(O)cc(O)c3c2=O)[C@H](O)[C@@H]1O. The predicted octanol–water partition coefficient (Wildman–Crippen LogP) is 0.489. The molecule has 1 aromatic heterocycles. The lowest BCUT2D eigenvalue weighted by Crippen LogP contribution is -2.38. The topological polar surface area (TPSA) is 190 Å². The zero-order chi connectivity index (χ0) is 23.3. The Balaban J connectivity index is 1.91. The van der Waals surface area contributed by atoms with E-state index in [1.165, 1.54) is 13.0 Å². The molecule has 0 amide bonds. The van der Waals surface area contributed by atoms with Crippen molar-refractivity contribution in [2.75, 3.05) is 0 Å². The number of aromatic hydroxyl groups is 4. The Bertz CT molecular complexity index is 1230. The number of hydrogen-bond acceptors (Lipinski definition) is 11. The van der Waals surface area contributed by atoms with E-state index in [0.29, 0.717) is 0 Å². The van der Waals surface area contributed by atoms with Gasteiger partial charge in [-0.15, -0.1) is 0 Å². The summed E-state index contributed by atoms with van der Waals surface area (Å²) in [6.07, 6.45) is -7.11. The van der Waals surface area contributed by atoms with Crippen molar-refractivity contribution >= 4 is 11.0 Å². The number of benzene rings is 2. The van der Waals surface area contributed by atoms with E-state index in [0.717, 1.165) is 24.3 Å². The van der Waals surface area contributed by atoms with Gasteiger partial charge in [-0.25, -0.2) is 0 Å². The second-order valence-electron chi connectivity index (χ2n) is 7.44. The van der Waals surface area contributed by atoms with E-state index in [-0.39, 0.29) is 28.0 Å². The van der Waals surface area contributed by atoms with Crippen LogP contribution in [0.3, 0.4) is 0 Å². The van der Waals surface area contributed by atoms with E-state index in [1.807, 2.05) is 0 Å². The van der Waals surface area contributed by atoms with Crippen LogP contribution in [0.4, 0.5) is 0 Å². The van der Waals surface area contributed by atoms with Gasteiger partial charge in [-0.1, -0.05) is 0 Å². The molecule has 7 N–H and O–H groups in total. The van der Waals surface area contributed by atoms with Crippen LogP contribution in [0.1, 0.15) is 6.92 Å². The van der Waals surface area contributed by atoms with Crippen LogP contribution < -0.4 is 10.2 Å². The number of aliphatic hydroxyl groups is 3. The average molecular weight is 448 g/mol. The molecule has 0 radical (unpaired) electrons. The summed E-state index contributed by atoms with van der Waals surface area (Å²) in [6.45, 7) is 1.34. The number of phenols is 4. The van der Waals surface area contributed by atoms with E-state index < -0.39 is 59.1 Å². The van der Waals surface area contributed by atoms with Crippen molar-refractivity contribution < 1.29 is 49.6 Å². The second-order valence-corrected chi connectivity index (χ2v) is 7.44. The van der Waals surface area contributed by atoms with Crippen molar-refractivity contribution in [3.8, 4) is 40.1 Å². The number of fused-ring (bicyclic) bond motifs is 1. The van der Waals surface area contributed by atoms with Crippen molar-refractivity contribution in [1.29, 1.82) is 0 Å². The fraction of sp³-hybridized carbons (Fsp3) is 0.286. The van der Waals surface area contributed by atoms with Gasteiger partial charge in [0.15, 0.2) is 17.3 Å². The molecule has 11 heteroatoms. The molecule has 0 saturated carbocycles. The maximum absolute atomic E-state index is 13.2. The minimum Gasteiger partial charge on any atom is -0.508 e. The third kappa shape index (κ3) is 3.56. The molecule has 3 aromatic rings. The lowest BCUT2D eigenvalue weighted by atomic mass is 10.1. The third-order valence-electron chi connectivity index (χ3n) is 5.12. The maximum atomic E-state index is 13.2. The summed E-state index contributed by atoms with van der Waals surface area (Å²) in [7, 11) is 0. The zero-order valence-electron chi connectivity index (χ0n) is 16.5. The van der Waals surface area contributed by atoms with Gasteiger partial charge in [0.2, 0.25) is 17.5 Å². The van der Waals surface area contributed by atoms with Gasteiger partial charge in [-0.3, -0.25) is 4.79 Å². The Labute approximate surface area is 179 Å². The minimum atomic E-state index is -1.64. The Hall–Kier alpha value is -3.51. The van der Waals surface area contributed by atoms with Gasteiger partial charge in [0, 0.05) is 17.7 Å². The van der Waals surface area contributed by atoms with Crippen molar-refractivity contribution in [1.82, 2.24) is 0 Å². The van der Waals surface area contributed by atoms with E-state index >= 15 is 0 Å². The maximum Gasteiger partial charge on any atom is 0.239 e. The highest BCUT2D eigenvalue weighted by Gasteiger charge is 2.47.